The van der Waals surface area contributed by atoms with Gasteiger partial charge in [0.1, 0.15) is 6.04 Å². The van der Waals surface area contributed by atoms with Gasteiger partial charge in [-0.25, -0.2) is 0 Å². The van der Waals surface area contributed by atoms with Gasteiger partial charge in [-0.3, -0.25) is 19.7 Å². The Morgan fingerprint density at radius 1 is 1.42 bits per heavy atom. The number of carbonyl (C=O) groups excluding carboxylic acids is 2. The fourth-order valence-corrected chi connectivity index (χ4v) is 1.40. The van der Waals surface area contributed by atoms with Gasteiger partial charge in [-0.05, 0) is 13.0 Å². The summed E-state index contributed by atoms with van der Waals surface area (Å²) in [6.45, 7) is 1.43. The Morgan fingerprint density at radius 3 is 2.53 bits per heavy atom. The minimum absolute atomic E-state index is 0.0739. The first-order chi connectivity index (χ1) is 8.86. The first-order valence-electron chi connectivity index (χ1n) is 5.43. The Kier molecular flexibility index (Phi) is 4.41. The number of anilines is 1. The molecule has 8 heteroatoms. The number of amides is 2. The number of non-ortho nitro benzene ring substituents is 1. The lowest BCUT2D eigenvalue weighted by atomic mass is 10.1. The summed E-state index contributed by atoms with van der Waals surface area (Å²) in [6.07, 6.45) is 0. The van der Waals surface area contributed by atoms with Crippen molar-refractivity contribution in [3.8, 4) is 0 Å². The largest absolute Gasteiger partial charge is 0.387 e. The molecule has 2 amide bonds. The van der Waals surface area contributed by atoms with Crippen molar-refractivity contribution >= 4 is 23.2 Å². The maximum atomic E-state index is 11.9. The molecule has 0 aliphatic carbocycles. The maximum absolute atomic E-state index is 11.9. The van der Waals surface area contributed by atoms with E-state index in [9.17, 15) is 19.7 Å². The van der Waals surface area contributed by atoms with Crippen LogP contribution in [0.25, 0.3) is 0 Å². The van der Waals surface area contributed by atoms with Crippen molar-refractivity contribution in [3.05, 3.63) is 33.9 Å². The number of nitro benzene ring substituents is 1. The normalized spacial score (nSPS) is 11.5. The number of nitrogens with zero attached hydrogens (tertiary/aromatic N) is 1. The van der Waals surface area contributed by atoms with E-state index in [1.165, 1.54) is 19.1 Å². The van der Waals surface area contributed by atoms with Crippen molar-refractivity contribution in [1.82, 2.24) is 5.32 Å². The van der Waals surface area contributed by atoms with Crippen LogP contribution in [0, 0.1) is 10.1 Å². The van der Waals surface area contributed by atoms with Crippen molar-refractivity contribution in [2.24, 2.45) is 5.73 Å². The molecule has 8 nitrogen and oxygen atoms in total. The van der Waals surface area contributed by atoms with Gasteiger partial charge >= 0.3 is 0 Å². The van der Waals surface area contributed by atoms with E-state index < -0.39 is 22.8 Å². The third-order valence-corrected chi connectivity index (χ3v) is 2.50. The van der Waals surface area contributed by atoms with E-state index in [2.05, 4.69) is 10.6 Å². The molecule has 0 bridgehead atoms. The first-order valence-corrected chi connectivity index (χ1v) is 5.43. The highest BCUT2D eigenvalue weighted by atomic mass is 16.6. The summed E-state index contributed by atoms with van der Waals surface area (Å²) < 4.78 is 0. The molecule has 0 radical (unpaired) electrons. The number of nitrogens with two attached hydrogens (primary N) is 1. The number of primary amides is 1. The number of hydrogen-bond acceptors (Lipinski definition) is 5. The molecule has 0 saturated heterocycles. The molecule has 0 aromatic heterocycles. The van der Waals surface area contributed by atoms with E-state index in [0.29, 0.717) is 5.69 Å². The van der Waals surface area contributed by atoms with Gasteiger partial charge < -0.3 is 16.4 Å². The van der Waals surface area contributed by atoms with E-state index in [1.54, 1.807) is 7.05 Å². The highest BCUT2D eigenvalue weighted by molar-refractivity contribution is 6.02. The molecular weight excluding hydrogens is 252 g/mol. The summed E-state index contributed by atoms with van der Waals surface area (Å²) in [7, 11) is 1.58. The van der Waals surface area contributed by atoms with Gasteiger partial charge in [0.15, 0.2) is 0 Å². The molecule has 19 heavy (non-hydrogen) atoms. The third-order valence-electron chi connectivity index (χ3n) is 2.50. The number of nitro groups is 1. The van der Waals surface area contributed by atoms with E-state index in [0.717, 1.165) is 6.07 Å². The summed E-state index contributed by atoms with van der Waals surface area (Å²) in [5, 5.41) is 15.8. The van der Waals surface area contributed by atoms with Crippen LogP contribution in [0.1, 0.15) is 17.3 Å². The number of hydrogen-bond donors (Lipinski definition) is 3. The second kappa shape index (κ2) is 5.80. The molecule has 1 aromatic rings. The van der Waals surface area contributed by atoms with Gasteiger partial charge in [-0.1, -0.05) is 0 Å². The SMILES string of the molecule is CNc1ccc([N+](=O)[O-])cc1C(=O)NC(C)C(N)=O. The van der Waals surface area contributed by atoms with Gasteiger partial charge in [0.25, 0.3) is 11.6 Å². The molecular formula is C11H14N4O4. The van der Waals surface area contributed by atoms with E-state index in [1.807, 2.05) is 0 Å². The summed E-state index contributed by atoms with van der Waals surface area (Å²) >= 11 is 0. The Labute approximate surface area is 109 Å². The standard InChI is InChI=1S/C11H14N4O4/c1-6(10(12)16)14-11(17)8-5-7(15(18)19)3-4-9(8)13-2/h3-6,13H,1-2H3,(H2,12,16)(H,14,17). The van der Waals surface area contributed by atoms with Gasteiger partial charge in [-0.2, -0.15) is 0 Å². The molecule has 0 heterocycles. The molecule has 1 rings (SSSR count). The summed E-state index contributed by atoms with van der Waals surface area (Å²) in [6, 6.07) is 2.97. The van der Waals surface area contributed by atoms with E-state index in [-0.39, 0.29) is 11.3 Å². The maximum Gasteiger partial charge on any atom is 0.270 e. The zero-order chi connectivity index (χ0) is 14.6. The number of rotatable bonds is 5. The Morgan fingerprint density at radius 2 is 2.05 bits per heavy atom. The van der Waals surface area contributed by atoms with Gasteiger partial charge in [0.05, 0.1) is 10.5 Å². The minimum Gasteiger partial charge on any atom is -0.387 e. The van der Waals surface area contributed by atoms with Crippen molar-refractivity contribution in [2.75, 3.05) is 12.4 Å². The summed E-state index contributed by atoms with van der Waals surface area (Å²) in [5.74, 6) is -1.30. The van der Waals surface area contributed by atoms with Crippen LogP contribution in [0.3, 0.4) is 0 Å². The molecule has 4 N–H and O–H groups in total. The highest BCUT2D eigenvalue weighted by Gasteiger charge is 2.19. The highest BCUT2D eigenvalue weighted by Crippen LogP contribution is 2.21. The molecule has 102 valence electrons. The number of carbonyl (C=O) groups is 2. The van der Waals surface area contributed by atoms with Crippen molar-refractivity contribution in [1.29, 1.82) is 0 Å². The topological polar surface area (TPSA) is 127 Å². The lowest BCUT2D eigenvalue weighted by Crippen LogP contribution is -2.42. The monoisotopic (exact) mass is 266 g/mol. The van der Waals surface area contributed by atoms with Crippen LogP contribution < -0.4 is 16.4 Å². The summed E-state index contributed by atoms with van der Waals surface area (Å²) in [5.41, 5.74) is 5.31. The Hall–Kier alpha value is -2.64. The van der Waals surface area contributed by atoms with Crippen LogP contribution in [0.5, 0.6) is 0 Å². The van der Waals surface area contributed by atoms with Crippen LogP contribution in [0.2, 0.25) is 0 Å². The molecule has 1 unspecified atom stereocenters. The minimum atomic E-state index is -0.864. The predicted octanol–water partition coefficient (Wildman–Crippen LogP) is 0.240. The molecule has 0 aliphatic rings. The third kappa shape index (κ3) is 3.41. The van der Waals surface area contributed by atoms with Crippen molar-refractivity contribution in [2.45, 2.75) is 13.0 Å². The summed E-state index contributed by atoms with van der Waals surface area (Å²) in [4.78, 5) is 32.9. The molecule has 0 spiro atoms. The first kappa shape index (κ1) is 14.4. The van der Waals surface area contributed by atoms with E-state index in [4.69, 9.17) is 5.73 Å². The average molecular weight is 266 g/mol. The number of nitrogens with one attached hydrogen (secondary N) is 2. The zero-order valence-corrected chi connectivity index (χ0v) is 10.5. The quantitative estimate of drug-likeness (QED) is 0.519. The number of benzene rings is 1. The molecule has 0 aliphatic heterocycles. The van der Waals surface area contributed by atoms with Crippen LogP contribution in [0.4, 0.5) is 11.4 Å². The van der Waals surface area contributed by atoms with Crippen LogP contribution in [-0.4, -0.2) is 29.8 Å². The fraction of sp³-hybridized carbons (Fsp3) is 0.273. The zero-order valence-electron chi connectivity index (χ0n) is 10.5. The second-order valence-corrected chi connectivity index (χ2v) is 3.83. The lowest BCUT2D eigenvalue weighted by molar-refractivity contribution is -0.384. The van der Waals surface area contributed by atoms with Crippen LogP contribution in [0.15, 0.2) is 18.2 Å². The van der Waals surface area contributed by atoms with Crippen LogP contribution >= 0.6 is 0 Å². The van der Waals surface area contributed by atoms with Crippen molar-refractivity contribution in [3.63, 3.8) is 0 Å². The molecule has 1 atom stereocenters. The predicted molar refractivity (Wildman–Crippen MR) is 68.8 cm³/mol. The second-order valence-electron chi connectivity index (χ2n) is 3.83. The smallest absolute Gasteiger partial charge is 0.270 e. The molecule has 0 fully saturated rings. The molecule has 1 aromatic carbocycles. The Balaban J connectivity index is 3.09. The lowest BCUT2D eigenvalue weighted by Gasteiger charge is -2.12. The van der Waals surface area contributed by atoms with Crippen molar-refractivity contribution < 1.29 is 14.5 Å². The Bertz CT molecular complexity index is 529. The fourth-order valence-electron chi connectivity index (χ4n) is 1.40. The van der Waals surface area contributed by atoms with Crippen LogP contribution in [-0.2, 0) is 4.79 Å². The molecule has 0 saturated carbocycles. The average Bonchev–Trinajstić information content (AvgIpc) is 2.37. The van der Waals surface area contributed by atoms with Gasteiger partial charge in [0, 0.05) is 24.9 Å². The van der Waals surface area contributed by atoms with E-state index >= 15 is 0 Å². The van der Waals surface area contributed by atoms with Gasteiger partial charge in [-0.15, -0.1) is 0 Å². The van der Waals surface area contributed by atoms with Gasteiger partial charge in [0.2, 0.25) is 5.91 Å².